The van der Waals surface area contributed by atoms with Gasteiger partial charge < -0.3 is 9.47 Å². The highest BCUT2D eigenvalue weighted by Crippen LogP contribution is 2.32. The van der Waals surface area contributed by atoms with Gasteiger partial charge >= 0.3 is 0 Å². The monoisotopic (exact) mass is 432 g/mol. The minimum atomic E-state index is -0.289. The normalized spacial score (nSPS) is 10.4. The Morgan fingerprint density at radius 1 is 1.15 bits per heavy atom. The van der Waals surface area contributed by atoms with E-state index in [-0.39, 0.29) is 5.91 Å². The summed E-state index contributed by atoms with van der Waals surface area (Å²) in [6, 6.07) is 13.2. The van der Waals surface area contributed by atoms with Crippen molar-refractivity contribution in [1.29, 1.82) is 0 Å². The second-order valence-electron chi connectivity index (χ2n) is 5.40. The van der Waals surface area contributed by atoms with E-state index < -0.39 is 0 Å². The molecule has 2 aromatic carbocycles. The topological polar surface area (TPSA) is 60.5 Å². The highest BCUT2D eigenvalue weighted by Gasteiger charge is 2.17. The van der Waals surface area contributed by atoms with Crippen LogP contribution in [-0.2, 0) is 6.42 Å². The maximum atomic E-state index is 12.6. The van der Waals surface area contributed by atoms with Crippen LogP contribution in [0, 0.1) is 0 Å². The van der Waals surface area contributed by atoms with Gasteiger partial charge in [0, 0.05) is 22.0 Å². The summed E-state index contributed by atoms with van der Waals surface area (Å²) in [4.78, 5) is 18.0. The summed E-state index contributed by atoms with van der Waals surface area (Å²) < 4.78 is 11.6. The average molecular weight is 433 g/mol. The fourth-order valence-corrected chi connectivity index (χ4v) is 3.76. The number of hydrogen-bond donors (Lipinski definition) is 1. The van der Waals surface area contributed by atoms with Crippen LogP contribution < -0.4 is 14.8 Å². The molecule has 1 aromatic heterocycles. The first-order chi connectivity index (χ1) is 12.6. The highest BCUT2D eigenvalue weighted by molar-refractivity contribution is 9.10. The van der Waals surface area contributed by atoms with Crippen molar-refractivity contribution in [3.05, 3.63) is 69.1 Å². The Bertz CT molecular complexity index is 927. The number of rotatable bonds is 6. The van der Waals surface area contributed by atoms with E-state index in [1.165, 1.54) is 31.1 Å². The minimum Gasteiger partial charge on any atom is -0.493 e. The molecule has 26 heavy (non-hydrogen) atoms. The zero-order valence-corrected chi connectivity index (χ0v) is 16.7. The van der Waals surface area contributed by atoms with Crippen molar-refractivity contribution in [3.63, 3.8) is 0 Å². The molecule has 0 unspecified atom stereocenters. The first-order valence-corrected chi connectivity index (χ1v) is 9.43. The van der Waals surface area contributed by atoms with Crippen molar-refractivity contribution in [2.45, 2.75) is 6.42 Å². The van der Waals surface area contributed by atoms with E-state index in [9.17, 15) is 4.79 Å². The Kier molecular flexibility index (Phi) is 5.90. The number of methoxy groups -OCH3 is 2. The minimum absolute atomic E-state index is 0.289. The number of amides is 1. The second-order valence-corrected chi connectivity index (χ2v) is 7.36. The van der Waals surface area contributed by atoms with Crippen LogP contribution in [0.25, 0.3) is 0 Å². The Hall–Kier alpha value is -2.38. The smallest absolute Gasteiger partial charge is 0.261 e. The van der Waals surface area contributed by atoms with E-state index in [1.54, 1.807) is 24.4 Å². The number of carbonyl (C=O) groups excluding carboxylic acids is 1. The van der Waals surface area contributed by atoms with Crippen LogP contribution in [0.2, 0.25) is 0 Å². The molecule has 134 valence electrons. The van der Waals surface area contributed by atoms with Gasteiger partial charge in [-0.05, 0) is 23.8 Å². The number of halogens is 1. The molecule has 1 amide bonds. The predicted octanol–water partition coefficient (Wildman–Crippen LogP) is 4.77. The lowest BCUT2D eigenvalue weighted by Gasteiger charge is -2.11. The molecule has 3 rings (SSSR count). The molecule has 3 aromatic rings. The van der Waals surface area contributed by atoms with Gasteiger partial charge in [0.15, 0.2) is 16.6 Å². The third kappa shape index (κ3) is 4.05. The van der Waals surface area contributed by atoms with E-state index in [4.69, 9.17) is 9.47 Å². The summed E-state index contributed by atoms with van der Waals surface area (Å²) in [5.74, 6) is 0.619. The molecule has 1 N–H and O–H groups in total. The summed E-state index contributed by atoms with van der Waals surface area (Å²) in [6.45, 7) is 0. The van der Waals surface area contributed by atoms with E-state index in [0.29, 0.717) is 22.2 Å². The molecule has 7 heteroatoms. The summed E-state index contributed by atoms with van der Waals surface area (Å²) in [7, 11) is 3.04. The molecule has 0 atom stereocenters. The van der Waals surface area contributed by atoms with E-state index in [2.05, 4.69) is 32.3 Å². The molecule has 5 nitrogen and oxygen atoms in total. The fourth-order valence-electron chi connectivity index (χ4n) is 2.51. The number of aromatic nitrogens is 1. The first kappa shape index (κ1) is 18.4. The van der Waals surface area contributed by atoms with Crippen molar-refractivity contribution in [2.75, 3.05) is 19.5 Å². The van der Waals surface area contributed by atoms with Gasteiger partial charge in [-0.1, -0.05) is 40.2 Å². The molecule has 0 fully saturated rings. The van der Waals surface area contributed by atoms with Gasteiger partial charge in [0.05, 0.1) is 19.8 Å². The largest absolute Gasteiger partial charge is 0.493 e. The van der Waals surface area contributed by atoms with Crippen LogP contribution in [0.5, 0.6) is 11.5 Å². The van der Waals surface area contributed by atoms with Crippen molar-refractivity contribution >= 4 is 38.3 Å². The van der Waals surface area contributed by atoms with Gasteiger partial charge in [-0.3, -0.25) is 10.1 Å². The third-order valence-electron chi connectivity index (χ3n) is 3.74. The molecule has 1 heterocycles. The van der Waals surface area contributed by atoms with Gasteiger partial charge in [0.1, 0.15) is 0 Å². The average Bonchev–Trinajstić information content (AvgIpc) is 3.09. The Balaban J connectivity index is 1.75. The van der Waals surface area contributed by atoms with Gasteiger partial charge in [0.2, 0.25) is 0 Å². The second kappa shape index (κ2) is 8.33. The summed E-state index contributed by atoms with van der Waals surface area (Å²) in [6.07, 6.45) is 2.53. The molecule has 0 spiro atoms. The molecule has 0 saturated heterocycles. The maximum Gasteiger partial charge on any atom is 0.261 e. The Labute approximate surface area is 164 Å². The number of hydrogen-bond acceptors (Lipinski definition) is 5. The summed E-state index contributed by atoms with van der Waals surface area (Å²) >= 11 is 5.00. The Morgan fingerprint density at radius 3 is 2.69 bits per heavy atom. The first-order valence-electron chi connectivity index (χ1n) is 7.83. The number of nitrogens with one attached hydrogen (secondary N) is 1. The molecule has 0 aliphatic carbocycles. The van der Waals surface area contributed by atoms with Gasteiger partial charge in [-0.15, -0.1) is 11.3 Å². The van der Waals surface area contributed by atoms with Crippen LogP contribution in [0.3, 0.4) is 0 Å². The van der Waals surface area contributed by atoms with Crippen LogP contribution in [0.15, 0.2) is 53.1 Å². The Morgan fingerprint density at radius 2 is 1.96 bits per heavy atom. The lowest BCUT2D eigenvalue weighted by atomic mass is 10.1. The molecule has 0 saturated carbocycles. The van der Waals surface area contributed by atoms with Gasteiger partial charge in [-0.25, -0.2) is 4.98 Å². The van der Waals surface area contributed by atoms with Crippen molar-refractivity contribution in [3.8, 4) is 11.5 Å². The number of benzene rings is 2. The lowest BCUT2D eigenvalue weighted by Crippen LogP contribution is -2.13. The van der Waals surface area contributed by atoms with Crippen molar-refractivity contribution < 1.29 is 14.3 Å². The molecule has 0 aliphatic rings. The van der Waals surface area contributed by atoms with Crippen molar-refractivity contribution in [1.82, 2.24) is 4.98 Å². The quantitative estimate of drug-likeness (QED) is 0.609. The van der Waals surface area contributed by atoms with Gasteiger partial charge in [0.25, 0.3) is 5.91 Å². The molecule has 0 aliphatic heterocycles. The number of para-hydroxylation sites is 1. The number of nitrogens with zero attached hydrogens (tertiary/aromatic N) is 1. The molecule has 0 bridgehead atoms. The summed E-state index contributed by atoms with van der Waals surface area (Å²) in [5.41, 5.74) is 1.57. The summed E-state index contributed by atoms with van der Waals surface area (Å²) in [5, 5.41) is 3.37. The number of thiazole rings is 1. The van der Waals surface area contributed by atoms with Crippen LogP contribution in [0.4, 0.5) is 5.13 Å². The zero-order valence-electron chi connectivity index (χ0n) is 14.3. The van der Waals surface area contributed by atoms with E-state index >= 15 is 0 Å². The molecular weight excluding hydrogens is 416 g/mol. The predicted molar refractivity (Wildman–Crippen MR) is 107 cm³/mol. The fraction of sp³-hybridized carbons (Fsp3) is 0.158. The van der Waals surface area contributed by atoms with E-state index in [0.717, 1.165) is 15.8 Å². The molecular formula is C19H17BrN2O3S. The van der Waals surface area contributed by atoms with Gasteiger partial charge in [-0.2, -0.15) is 0 Å². The standard InChI is InChI=1S/C19H17BrN2O3S/c1-24-16-9-5-7-14(17(16)25-2)18(23)22-19-21-11-13(26-19)10-12-6-3-4-8-15(12)20/h3-9,11H,10H2,1-2H3,(H,21,22,23). The molecule has 0 radical (unpaired) electrons. The highest BCUT2D eigenvalue weighted by atomic mass is 79.9. The number of carbonyl (C=O) groups is 1. The number of ether oxygens (including phenoxy) is 2. The maximum absolute atomic E-state index is 12.6. The third-order valence-corrected chi connectivity index (χ3v) is 5.43. The van der Waals surface area contributed by atoms with Crippen molar-refractivity contribution in [2.24, 2.45) is 0 Å². The SMILES string of the molecule is COc1cccc(C(=O)Nc2ncc(Cc3ccccc3Br)s2)c1OC. The van der Waals surface area contributed by atoms with Crippen LogP contribution in [-0.4, -0.2) is 25.1 Å². The van der Waals surface area contributed by atoms with Crippen LogP contribution in [0.1, 0.15) is 20.8 Å². The number of anilines is 1. The lowest BCUT2D eigenvalue weighted by molar-refractivity contribution is 0.102. The van der Waals surface area contributed by atoms with E-state index in [1.807, 2.05) is 18.2 Å². The van der Waals surface area contributed by atoms with Crippen LogP contribution >= 0.6 is 27.3 Å². The zero-order chi connectivity index (χ0) is 18.5.